The van der Waals surface area contributed by atoms with E-state index in [9.17, 15) is 32.4 Å². The Kier molecular flexibility index (Phi) is 6.95. The van der Waals surface area contributed by atoms with Gasteiger partial charge in [-0.25, -0.2) is 18.7 Å². The second-order valence-electron chi connectivity index (χ2n) is 7.57. The number of nitrogens with one attached hydrogen (secondary N) is 1. The number of aromatic amines is 1. The Bertz CT molecular complexity index is 1440. The molecule has 3 aromatic rings. The van der Waals surface area contributed by atoms with Crippen molar-refractivity contribution >= 4 is 0 Å². The maximum Gasteiger partial charge on any atom is 0.297 e. The van der Waals surface area contributed by atoms with Crippen molar-refractivity contribution in [2.24, 2.45) is 0 Å². The Hall–Kier alpha value is -4.21. The summed E-state index contributed by atoms with van der Waals surface area (Å²) in [5.74, 6) is -5.21. The third-order valence-corrected chi connectivity index (χ3v) is 4.95. The fraction of sp³-hybridized carbons (Fsp3) is 0.318. The number of halogens is 4. The molecule has 1 aromatic carbocycles. The first-order valence-electron chi connectivity index (χ1n) is 9.99. The van der Waals surface area contributed by atoms with Crippen molar-refractivity contribution < 1.29 is 27.0 Å². The van der Waals surface area contributed by atoms with Crippen molar-refractivity contribution in [2.45, 2.75) is 39.7 Å². The van der Waals surface area contributed by atoms with E-state index in [0.717, 1.165) is 30.1 Å². The molecule has 0 fully saturated rings. The fourth-order valence-corrected chi connectivity index (χ4v) is 3.32. The number of alkyl halides is 4. The number of hydrogen-bond donors (Lipinski definition) is 1. The predicted molar refractivity (Wildman–Crippen MR) is 114 cm³/mol. The van der Waals surface area contributed by atoms with Crippen LogP contribution < -0.4 is 20.6 Å². The SMILES string of the molecule is COc1c(C#N)cc(C(F)F)cc1Oc1c(C(C)(F)F)ncn(Cc2c(C)nc(C)[nH]c2=O)c1=O. The first kappa shape index (κ1) is 25.4. The highest BCUT2D eigenvalue weighted by molar-refractivity contribution is 5.56. The maximum absolute atomic E-state index is 14.3. The quantitative estimate of drug-likeness (QED) is 0.498. The molecule has 2 heterocycles. The van der Waals surface area contributed by atoms with E-state index in [4.69, 9.17) is 9.47 Å². The molecule has 0 unspecified atom stereocenters. The predicted octanol–water partition coefficient (Wildman–Crippen LogP) is 3.71. The Labute approximate surface area is 195 Å². The molecule has 0 aliphatic heterocycles. The van der Waals surface area contributed by atoms with Gasteiger partial charge in [0.2, 0.25) is 5.75 Å². The molecule has 3 rings (SSSR count). The molecule has 0 radical (unpaired) electrons. The van der Waals surface area contributed by atoms with Crippen LogP contribution in [0.3, 0.4) is 0 Å². The third kappa shape index (κ3) is 5.16. The van der Waals surface area contributed by atoms with Crippen LogP contribution in [-0.4, -0.2) is 26.6 Å². The number of benzene rings is 1. The van der Waals surface area contributed by atoms with Gasteiger partial charge in [0.05, 0.1) is 31.1 Å². The van der Waals surface area contributed by atoms with E-state index in [0.29, 0.717) is 18.4 Å². The van der Waals surface area contributed by atoms with Crippen LogP contribution in [0, 0.1) is 25.2 Å². The van der Waals surface area contributed by atoms with E-state index < -0.39 is 46.2 Å². The van der Waals surface area contributed by atoms with Gasteiger partial charge in [0.1, 0.15) is 11.9 Å². The molecule has 0 amide bonds. The Balaban J connectivity index is 2.22. The van der Waals surface area contributed by atoms with Crippen LogP contribution in [0.15, 0.2) is 28.0 Å². The highest BCUT2D eigenvalue weighted by atomic mass is 19.3. The number of hydrogen-bond acceptors (Lipinski definition) is 7. The van der Waals surface area contributed by atoms with Gasteiger partial charge in [-0.15, -0.1) is 0 Å². The molecule has 0 aliphatic carbocycles. The standard InChI is InChI=1S/C22H19F4N5O4/c1-10-14(20(32)30-11(2)29-10)8-31-9-28-18(22(3,25)26)17(21(31)33)35-15-6-12(19(23)24)5-13(7-27)16(15)34-4/h5-6,9,19H,8H2,1-4H3,(H,29,30,32). The van der Waals surface area contributed by atoms with Gasteiger partial charge in [-0.2, -0.15) is 14.0 Å². The van der Waals surface area contributed by atoms with Gasteiger partial charge in [0, 0.05) is 18.2 Å². The molecular formula is C22H19F4N5O4. The molecule has 184 valence electrons. The Morgan fingerprint density at radius 1 is 1.23 bits per heavy atom. The second-order valence-corrected chi connectivity index (χ2v) is 7.57. The first-order chi connectivity index (χ1) is 16.4. The van der Waals surface area contributed by atoms with Crippen molar-refractivity contribution in [3.63, 3.8) is 0 Å². The second kappa shape index (κ2) is 9.57. The number of H-pyrrole nitrogens is 1. The fourth-order valence-electron chi connectivity index (χ4n) is 3.32. The first-order valence-corrected chi connectivity index (χ1v) is 9.99. The smallest absolute Gasteiger partial charge is 0.297 e. The number of methoxy groups -OCH3 is 1. The summed E-state index contributed by atoms with van der Waals surface area (Å²) in [5, 5.41) is 9.30. The Morgan fingerprint density at radius 3 is 2.46 bits per heavy atom. The summed E-state index contributed by atoms with van der Waals surface area (Å²) in [5.41, 5.74) is -3.38. The maximum atomic E-state index is 14.3. The summed E-state index contributed by atoms with van der Waals surface area (Å²) in [4.78, 5) is 35.8. The topological polar surface area (TPSA) is 123 Å². The minimum atomic E-state index is -3.67. The zero-order valence-corrected chi connectivity index (χ0v) is 19.0. The van der Waals surface area contributed by atoms with E-state index in [1.165, 1.54) is 6.92 Å². The largest absolute Gasteiger partial charge is 0.492 e. The zero-order valence-electron chi connectivity index (χ0n) is 19.0. The van der Waals surface area contributed by atoms with Crippen LogP contribution in [0.5, 0.6) is 17.2 Å². The molecule has 0 bridgehead atoms. The van der Waals surface area contributed by atoms with Crippen molar-refractivity contribution in [1.82, 2.24) is 19.5 Å². The molecule has 9 nitrogen and oxygen atoms in total. The Morgan fingerprint density at radius 2 is 1.91 bits per heavy atom. The monoisotopic (exact) mass is 493 g/mol. The van der Waals surface area contributed by atoms with Gasteiger partial charge < -0.3 is 14.5 Å². The molecule has 0 aliphatic rings. The number of rotatable bonds is 7. The molecule has 0 spiro atoms. The zero-order chi connectivity index (χ0) is 26.1. The highest BCUT2D eigenvalue weighted by Crippen LogP contribution is 2.40. The highest BCUT2D eigenvalue weighted by Gasteiger charge is 2.34. The summed E-state index contributed by atoms with van der Waals surface area (Å²) in [6, 6.07) is 3.29. The van der Waals surface area contributed by atoms with Gasteiger partial charge in [0.25, 0.3) is 23.5 Å². The number of aromatic nitrogens is 4. The molecular weight excluding hydrogens is 474 g/mol. The normalized spacial score (nSPS) is 11.4. The van der Waals surface area contributed by atoms with Gasteiger partial charge in [0.15, 0.2) is 17.2 Å². The summed E-state index contributed by atoms with van der Waals surface area (Å²) in [6.07, 6.45) is -2.22. The van der Waals surface area contributed by atoms with Crippen molar-refractivity contribution in [3.8, 4) is 23.3 Å². The van der Waals surface area contributed by atoms with Crippen molar-refractivity contribution in [2.75, 3.05) is 7.11 Å². The lowest BCUT2D eigenvalue weighted by atomic mass is 10.1. The average molecular weight is 493 g/mol. The number of ether oxygens (including phenoxy) is 2. The van der Waals surface area contributed by atoms with Crippen LogP contribution in [0.1, 0.15) is 47.3 Å². The summed E-state index contributed by atoms with van der Waals surface area (Å²) in [6.45, 7) is 3.18. The van der Waals surface area contributed by atoms with Crippen molar-refractivity contribution in [3.05, 3.63) is 73.1 Å². The molecule has 2 aromatic heterocycles. The minimum Gasteiger partial charge on any atom is -0.492 e. The van der Waals surface area contributed by atoms with E-state index >= 15 is 0 Å². The van der Waals surface area contributed by atoms with E-state index in [2.05, 4.69) is 15.0 Å². The van der Waals surface area contributed by atoms with Gasteiger partial charge in [-0.1, -0.05) is 0 Å². The van der Waals surface area contributed by atoms with E-state index in [1.807, 2.05) is 0 Å². The lowest BCUT2D eigenvalue weighted by Gasteiger charge is -2.18. The molecule has 35 heavy (non-hydrogen) atoms. The van der Waals surface area contributed by atoms with E-state index in [1.54, 1.807) is 13.0 Å². The lowest BCUT2D eigenvalue weighted by molar-refractivity contribution is 0.0100. The minimum absolute atomic E-state index is 0.0745. The van der Waals surface area contributed by atoms with Crippen LogP contribution in [0.25, 0.3) is 0 Å². The molecule has 0 saturated heterocycles. The van der Waals surface area contributed by atoms with Crippen LogP contribution >= 0.6 is 0 Å². The van der Waals surface area contributed by atoms with Gasteiger partial charge in [-0.3, -0.25) is 14.2 Å². The molecule has 13 heteroatoms. The number of nitrogens with zero attached hydrogens (tertiary/aromatic N) is 4. The van der Waals surface area contributed by atoms with Gasteiger partial charge in [-0.05, 0) is 26.0 Å². The summed E-state index contributed by atoms with van der Waals surface area (Å²) in [7, 11) is 1.11. The average Bonchev–Trinajstić information content (AvgIpc) is 2.76. The van der Waals surface area contributed by atoms with Crippen LogP contribution in [-0.2, 0) is 12.5 Å². The summed E-state index contributed by atoms with van der Waals surface area (Å²) < 4.78 is 66.6. The van der Waals surface area contributed by atoms with Crippen molar-refractivity contribution in [1.29, 1.82) is 5.26 Å². The van der Waals surface area contributed by atoms with E-state index in [-0.39, 0.29) is 23.4 Å². The molecule has 0 saturated carbocycles. The molecule has 1 N–H and O–H groups in total. The number of aryl methyl sites for hydroxylation is 2. The van der Waals surface area contributed by atoms with Crippen LogP contribution in [0.2, 0.25) is 0 Å². The summed E-state index contributed by atoms with van der Waals surface area (Å²) >= 11 is 0. The van der Waals surface area contributed by atoms with Gasteiger partial charge >= 0.3 is 0 Å². The third-order valence-electron chi connectivity index (χ3n) is 4.95. The molecule has 0 atom stereocenters. The van der Waals surface area contributed by atoms with Crippen LogP contribution in [0.4, 0.5) is 17.6 Å². The number of nitriles is 1. The lowest BCUT2D eigenvalue weighted by Crippen LogP contribution is -2.29.